The van der Waals surface area contributed by atoms with E-state index in [9.17, 15) is 0 Å². The number of thioether (sulfide) groups is 1. The normalized spacial score (nSPS) is 39.6. The van der Waals surface area contributed by atoms with Crippen molar-refractivity contribution in [3.63, 3.8) is 0 Å². The zero-order chi connectivity index (χ0) is 11.0. The van der Waals surface area contributed by atoms with Crippen LogP contribution in [-0.2, 0) is 0 Å². The number of aliphatic imine (C=N–C) groups is 1. The fourth-order valence-electron chi connectivity index (χ4n) is 3.09. The number of amidine groups is 1. The highest BCUT2D eigenvalue weighted by Crippen LogP contribution is 2.28. The summed E-state index contributed by atoms with van der Waals surface area (Å²) in [5.74, 6) is 0. The van der Waals surface area contributed by atoms with Gasteiger partial charge >= 0.3 is 0 Å². The predicted molar refractivity (Wildman–Crippen MR) is 70.1 cm³/mol. The van der Waals surface area contributed by atoms with Gasteiger partial charge in [0.1, 0.15) is 0 Å². The Bertz CT molecular complexity index is 292. The van der Waals surface area contributed by atoms with Gasteiger partial charge in [0.15, 0.2) is 5.17 Å². The Hall–Kier alpha value is -0.220. The summed E-state index contributed by atoms with van der Waals surface area (Å²) in [5, 5.41) is 5.52. The maximum Gasteiger partial charge on any atom is 0.157 e. The van der Waals surface area contributed by atoms with Crippen LogP contribution in [0.3, 0.4) is 0 Å². The topological polar surface area (TPSA) is 27.6 Å². The molecule has 90 valence electrons. The van der Waals surface area contributed by atoms with Crippen LogP contribution in [0.5, 0.6) is 0 Å². The molecule has 3 nitrogen and oxygen atoms in total. The number of nitrogens with one attached hydrogen (secondary N) is 1. The summed E-state index contributed by atoms with van der Waals surface area (Å²) >= 11 is 1.91. The minimum absolute atomic E-state index is 0.675. The second-order valence-electron chi connectivity index (χ2n) is 5.27. The Morgan fingerprint density at radius 1 is 1.38 bits per heavy atom. The molecule has 0 bridgehead atoms. The second-order valence-corrected chi connectivity index (χ2v) is 6.70. The Morgan fingerprint density at radius 3 is 3.12 bits per heavy atom. The van der Waals surface area contributed by atoms with Crippen LogP contribution in [0.1, 0.15) is 32.6 Å². The van der Waals surface area contributed by atoms with Crippen LogP contribution in [0.25, 0.3) is 0 Å². The molecule has 3 rings (SSSR count). The van der Waals surface area contributed by atoms with E-state index < -0.39 is 0 Å². The van der Waals surface area contributed by atoms with Crippen molar-refractivity contribution >= 4 is 16.9 Å². The van der Waals surface area contributed by atoms with Gasteiger partial charge in [-0.3, -0.25) is 4.99 Å². The lowest BCUT2D eigenvalue weighted by Gasteiger charge is -2.35. The highest BCUT2D eigenvalue weighted by molar-refractivity contribution is 8.14. The SMILES string of the molecule is CC1CN=C(NC2CCN3CCCC3C2)S1. The van der Waals surface area contributed by atoms with E-state index in [-0.39, 0.29) is 0 Å². The number of rotatable bonds is 1. The van der Waals surface area contributed by atoms with Gasteiger partial charge in [-0.15, -0.1) is 0 Å². The van der Waals surface area contributed by atoms with E-state index in [1.54, 1.807) is 0 Å². The van der Waals surface area contributed by atoms with E-state index in [4.69, 9.17) is 0 Å². The van der Waals surface area contributed by atoms with Gasteiger partial charge in [0, 0.05) is 23.9 Å². The summed E-state index contributed by atoms with van der Waals surface area (Å²) in [6.45, 7) is 5.87. The first-order valence-electron chi connectivity index (χ1n) is 6.53. The number of nitrogens with zero attached hydrogens (tertiary/aromatic N) is 2. The van der Waals surface area contributed by atoms with Gasteiger partial charge < -0.3 is 10.2 Å². The monoisotopic (exact) mass is 239 g/mol. The Morgan fingerprint density at radius 2 is 2.31 bits per heavy atom. The zero-order valence-electron chi connectivity index (χ0n) is 9.98. The highest BCUT2D eigenvalue weighted by atomic mass is 32.2. The van der Waals surface area contributed by atoms with Crippen LogP contribution >= 0.6 is 11.8 Å². The number of hydrogen-bond acceptors (Lipinski definition) is 4. The van der Waals surface area contributed by atoms with E-state index >= 15 is 0 Å². The third-order valence-corrected chi connectivity index (χ3v) is 4.97. The molecular weight excluding hydrogens is 218 g/mol. The lowest BCUT2D eigenvalue weighted by Crippen LogP contribution is -2.46. The van der Waals surface area contributed by atoms with Crippen LogP contribution in [0.15, 0.2) is 4.99 Å². The molecule has 0 aromatic carbocycles. The molecule has 3 heterocycles. The van der Waals surface area contributed by atoms with Crippen molar-refractivity contribution in [3.8, 4) is 0 Å². The molecule has 3 aliphatic rings. The molecule has 1 N–H and O–H groups in total. The number of hydrogen-bond donors (Lipinski definition) is 1. The van der Waals surface area contributed by atoms with Crippen molar-refractivity contribution in [2.24, 2.45) is 4.99 Å². The Balaban J connectivity index is 1.53. The van der Waals surface area contributed by atoms with Crippen LogP contribution in [0.2, 0.25) is 0 Å². The van der Waals surface area contributed by atoms with Gasteiger partial charge in [0.05, 0.1) is 6.54 Å². The molecule has 4 heteroatoms. The zero-order valence-corrected chi connectivity index (χ0v) is 10.8. The summed E-state index contributed by atoms with van der Waals surface area (Å²) in [6, 6.07) is 1.53. The van der Waals surface area contributed by atoms with Gasteiger partial charge in [-0.1, -0.05) is 18.7 Å². The second kappa shape index (κ2) is 4.57. The first kappa shape index (κ1) is 10.9. The third kappa shape index (κ3) is 2.23. The molecule has 2 fully saturated rings. The van der Waals surface area contributed by atoms with E-state index in [1.165, 1.54) is 43.9 Å². The maximum absolute atomic E-state index is 4.55. The van der Waals surface area contributed by atoms with Gasteiger partial charge in [-0.05, 0) is 32.2 Å². The van der Waals surface area contributed by atoms with Crippen LogP contribution in [0.4, 0.5) is 0 Å². The van der Waals surface area contributed by atoms with Gasteiger partial charge in [0.2, 0.25) is 0 Å². The summed E-state index contributed by atoms with van der Waals surface area (Å²) < 4.78 is 0. The molecule has 3 atom stereocenters. The summed E-state index contributed by atoms with van der Waals surface area (Å²) in [7, 11) is 0. The quantitative estimate of drug-likeness (QED) is 0.754. The molecule has 2 saturated heterocycles. The van der Waals surface area contributed by atoms with Crippen molar-refractivity contribution < 1.29 is 0 Å². The molecule has 0 amide bonds. The molecule has 3 aliphatic heterocycles. The molecule has 0 aromatic rings. The standard InChI is InChI=1S/C12H21N3S/c1-9-8-13-12(16-9)14-10-4-6-15-5-2-3-11(15)7-10/h9-11H,2-8H2,1H3,(H,13,14). The minimum Gasteiger partial charge on any atom is -0.362 e. The number of piperidine rings is 1. The summed E-state index contributed by atoms with van der Waals surface area (Å²) in [6.07, 6.45) is 5.44. The van der Waals surface area contributed by atoms with Crippen LogP contribution in [0, 0.1) is 0 Å². The van der Waals surface area contributed by atoms with Crippen molar-refractivity contribution in [3.05, 3.63) is 0 Å². The molecular formula is C12H21N3S. The lowest BCUT2D eigenvalue weighted by molar-refractivity contribution is 0.175. The van der Waals surface area contributed by atoms with E-state index in [2.05, 4.69) is 22.1 Å². The van der Waals surface area contributed by atoms with E-state index in [0.717, 1.165) is 12.6 Å². The summed E-state index contributed by atoms with van der Waals surface area (Å²) in [4.78, 5) is 7.22. The molecule has 0 aromatic heterocycles. The van der Waals surface area contributed by atoms with Crippen molar-refractivity contribution in [2.45, 2.75) is 49.9 Å². The maximum atomic E-state index is 4.55. The minimum atomic E-state index is 0.675. The molecule has 0 aliphatic carbocycles. The van der Waals surface area contributed by atoms with E-state index in [1.807, 2.05) is 11.8 Å². The average molecular weight is 239 g/mol. The number of fused-ring (bicyclic) bond motifs is 1. The first-order chi connectivity index (χ1) is 7.81. The van der Waals surface area contributed by atoms with Crippen LogP contribution < -0.4 is 5.32 Å². The van der Waals surface area contributed by atoms with Crippen molar-refractivity contribution in [1.29, 1.82) is 0 Å². The van der Waals surface area contributed by atoms with Gasteiger partial charge in [-0.2, -0.15) is 0 Å². The lowest BCUT2D eigenvalue weighted by atomic mass is 9.98. The van der Waals surface area contributed by atoms with E-state index in [0.29, 0.717) is 11.3 Å². The molecule has 3 unspecified atom stereocenters. The Kier molecular flexibility index (Phi) is 3.11. The Labute approximate surface area is 102 Å². The molecule has 0 radical (unpaired) electrons. The van der Waals surface area contributed by atoms with Crippen LogP contribution in [-0.4, -0.2) is 47.0 Å². The average Bonchev–Trinajstić information content (AvgIpc) is 2.87. The fraction of sp³-hybridized carbons (Fsp3) is 0.917. The van der Waals surface area contributed by atoms with Crippen molar-refractivity contribution in [2.75, 3.05) is 19.6 Å². The summed E-state index contributed by atoms with van der Waals surface area (Å²) in [5.41, 5.74) is 0. The third-order valence-electron chi connectivity index (χ3n) is 3.95. The van der Waals surface area contributed by atoms with Gasteiger partial charge in [-0.25, -0.2) is 0 Å². The smallest absolute Gasteiger partial charge is 0.157 e. The highest BCUT2D eigenvalue weighted by Gasteiger charge is 2.32. The van der Waals surface area contributed by atoms with Crippen molar-refractivity contribution in [1.82, 2.24) is 10.2 Å². The van der Waals surface area contributed by atoms with Gasteiger partial charge in [0.25, 0.3) is 0 Å². The first-order valence-corrected chi connectivity index (χ1v) is 7.41. The molecule has 16 heavy (non-hydrogen) atoms. The predicted octanol–water partition coefficient (Wildman–Crippen LogP) is 1.69. The largest absolute Gasteiger partial charge is 0.362 e. The molecule has 0 saturated carbocycles. The molecule has 0 spiro atoms. The fourth-order valence-corrected chi connectivity index (χ4v) is 4.00.